The molecule has 6 heteroatoms. The zero-order valence-corrected chi connectivity index (χ0v) is 17.5. The standard InChI is InChI=1S/C24H24N4O2/c1-15(2)28-23-18(14-25-28)13-20(17(4)26-23)24(29)27-21-7-5-6-8-22(21)30-19-11-9-16(3)10-12-19/h5-15H,1-4H3,(H,27,29). The summed E-state index contributed by atoms with van der Waals surface area (Å²) in [6.07, 6.45) is 1.74. The van der Waals surface area contributed by atoms with Crippen LogP contribution in [-0.2, 0) is 0 Å². The van der Waals surface area contributed by atoms with Crippen molar-refractivity contribution < 1.29 is 9.53 Å². The topological polar surface area (TPSA) is 69.0 Å². The molecule has 2 heterocycles. The fraction of sp³-hybridized carbons (Fsp3) is 0.208. The van der Waals surface area contributed by atoms with Gasteiger partial charge in [0.05, 0.1) is 23.1 Å². The van der Waals surface area contributed by atoms with E-state index in [0.717, 1.165) is 16.6 Å². The predicted molar refractivity (Wildman–Crippen MR) is 118 cm³/mol. The molecule has 0 spiro atoms. The number of aryl methyl sites for hydroxylation is 2. The van der Waals surface area contributed by atoms with Crippen LogP contribution in [0.3, 0.4) is 0 Å². The van der Waals surface area contributed by atoms with Crippen LogP contribution in [0.25, 0.3) is 11.0 Å². The van der Waals surface area contributed by atoms with E-state index in [1.165, 1.54) is 0 Å². The maximum Gasteiger partial charge on any atom is 0.257 e. The summed E-state index contributed by atoms with van der Waals surface area (Å²) in [7, 11) is 0. The van der Waals surface area contributed by atoms with Gasteiger partial charge >= 0.3 is 0 Å². The Morgan fingerprint density at radius 3 is 2.53 bits per heavy atom. The molecule has 4 rings (SSSR count). The number of nitrogens with zero attached hydrogens (tertiary/aromatic N) is 3. The predicted octanol–water partition coefficient (Wildman–Crippen LogP) is 5.67. The highest BCUT2D eigenvalue weighted by Crippen LogP contribution is 2.30. The van der Waals surface area contributed by atoms with E-state index in [0.29, 0.717) is 28.4 Å². The third-order valence-electron chi connectivity index (χ3n) is 4.88. The van der Waals surface area contributed by atoms with Gasteiger partial charge in [-0.3, -0.25) is 4.79 Å². The molecule has 1 N–H and O–H groups in total. The first-order chi connectivity index (χ1) is 14.4. The molecule has 0 radical (unpaired) electrons. The lowest BCUT2D eigenvalue weighted by Gasteiger charge is -2.13. The van der Waals surface area contributed by atoms with Crippen LogP contribution in [0.1, 0.15) is 41.5 Å². The van der Waals surface area contributed by atoms with Gasteiger partial charge in [-0.25, -0.2) is 9.67 Å². The summed E-state index contributed by atoms with van der Waals surface area (Å²) in [6.45, 7) is 7.96. The number of benzene rings is 2. The molecule has 0 saturated carbocycles. The molecule has 152 valence electrons. The van der Waals surface area contributed by atoms with Crippen LogP contribution in [0.4, 0.5) is 5.69 Å². The molecule has 0 unspecified atom stereocenters. The molecule has 30 heavy (non-hydrogen) atoms. The van der Waals surface area contributed by atoms with Gasteiger partial charge in [-0.15, -0.1) is 0 Å². The second kappa shape index (κ2) is 7.99. The number of para-hydroxylation sites is 2. The van der Waals surface area contributed by atoms with Crippen molar-refractivity contribution in [3.05, 3.63) is 77.6 Å². The number of anilines is 1. The van der Waals surface area contributed by atoms with Crippen molar-refractivity contribution in [3.63, 3.8) is 0 Å². The second-order valence-corrected chi connectivity index (χ2v) is 7.58. The normalized spacial score (nSPS) is 11.1. The lowest BCUT2D eigenvalue weighted by atomic mass is 10.1. The molecule has 0 saturated heterocycles. The first kappa shape index (κ1) is 19.6. The number of carbonyl (C=O) groups is 1. The number of rotatable bonds is 5. The second-order valence-electron chi connectivity index (χ2n) is 7.58. The number of nitrogens with one attached hydrogen (secondary N) is 1. The third-order valence-corrected chi connectivity index (χ3v) is 4.88. The molecule has 2 aromatic heterocycles. The van der Waals surface area contributed by atoms with Gasteiger partial charge in [-0.1, -0.05) is 29.8 Å². The van der Waals surface area contributed by atoms with Gasteiger partial charge in [0.15, 0.2) is 11.4 Å². The highest BCUT2D eigenvalue weighted by atomic mass is 16.5. The van der Waals surface area contributed by atoms with Crippen LogP contribution in [-0.4, -0.2) is 20.7 Å². The average molecular weight is 400 g/mol. The molecular weight excluding hydrogens is 376 g/mol. The Labute approximate surface area is 175 Å². The van der Waals surface area contributed by atoms with Gasteiger partial charge in [0.1, 0.15) is 5.75 Å². The van der Waals surface area contributed by atoms with Gasteiger partial charge in [0.2, 0.25) is 0 Å². The van der Waals surface area contributed by atoms with Crippen LogP contribution >= 0.6 is 0 Å². The van der Waals surface area contributed by atoms with Crippen molar-refractivity contribution in [2.75, 3.05) is 5.32 Å². The monoisotopic (exact) mass is 400 g/mol. The molecule has 1 amide bonds. The van der Waals surface area contributed by atoms with Crippen LogP contribution in [0.15, 0.2) is 60.8 Å². The number of carbonyl (C=O) groups excluding carboxylic acids is 1. The molecule has 0 atom stereocenters. The van der Waals surface area contributed by atoms with E-state index in [1.54, 1.807) is 6.20 Å². The summed E-state index contributed by atoms with van der Waals surface area (Å²) >= 11 is 0. The Kier molecular flexibility index (Phi) is 5.23. The Balaban J connectivity index is 1.61. The first-order valence-electron chi connectivity index (χ1n) is 9.92. The minimum absolute atomic E-state index is 0.194. The van der Waals surface area contributed by atoms with E-state index in [9.17, 15) is 4.79 Å². The highest BCUT2D eigenvalue weighted by Gasteiger charge is 2.17. The molecule has 0 aliphatic rings. The lowest BCUT2D eigenvalue weighted by molar-refractivity contribution is 0.102. The Morgan fingerprint density at radius 2 is 1.80 bits per heavy atom. The van der Waals surface area contributed by atoms with E-state index in [1.807, 2.05) is 73.1 Å². The first-order valence-corrected chi connectivity index (χ1v) is 9.92. The quantitative estimate of drug-likeness (QED) is 0.468. The number of pyridine rings is 1. The Hall–Kier alpha value is -3.67. The van der Waals surface area contributed by atoms with Crippen LogP contribution in [0.2, 0.25) is 0 Å². The van der Waals surface area contributed by atoms with Gasteiger partial charge < -0.3 is 10.1 Å². The van der Waals surface area contributed by atoms with Gasteiger partial charge in [0.25, 0.3) is 5.91 Å². The molecule has 2 aromatic carbocycles. The number of hydrogen-bond donors (Lipinski definition) is 1. The van der Waals surface area contributed by atoms with Crippen LogP contribution in [0.5, 0.6) is 11.5 Å². The number of aromatic nitrogens is 3. The summed E-state index contributed by atoms with van der Waals surface area (Å²) in [5.74, 6) is 1.05. The fourth-order valence-corrected chi connectivity index (χ4v) is 3.26. The third kappa shape index (κ3) is 3.89. The van der Waals surface area contributed by atoms with Crippen LogP contribution < -0.4 is 10.1 Å². The zero-order chi connectivity index (χ0) is 21.3. The zero-order valence-electron chi connectivity index (χ0n) is 17.5. The van der Waals surface area contributed by atoms with Gasteiger partial charge in [0, 0.05) is 11.4 Å². The van der Waals surface area contributed by atoms with Crippen molar-refractivity contribution >= 4 is 22.6 Å². The van der Waals surface area contributed by atoms with E-state index in [-0.39, 0.29) is 11.9 Å². The van der Waals surface area contributed by atoms with Crippen molar-refractivity contribution in [3.8, 4) is 11.5 Å². The molecule has 0 aliphatic heterocycles. The van der Waals surface area contributed by atoms with E-state index >= 15 is 0 Å². The Bertz CT molecular complexity index is 1210. The van der Waals surface area contributed by atoms with Crippen molar-refractivity contribution in [1.29, 1.82) is 0 Å². The van der Waals surface area contributed by atoms with Crippen molar-refractivity contribution in [2.24, 2.45) is 0 Å². The number of fused-ring (bicyclic) bond motifs is 1. The van der Waals surface area contributed by atoms with Crippen molar-refractivity contribution in [1.82, 2.24) is 14.8 Å². The Morgan fingerprint density at radius 1 is 1.07 bits per heavy atom. The summed E-state index contributed by atoms with van der Waals surface area (Å²) < 4.78 is 7.84. The molecule has 0 bridgehead atoms. The molecule has 0 aliphatic carbocycles. The fourth-order valence-electron chi connectivity index (χ4n) is 3.26. The maximum absolute atomic E-state index is 13.0. The van der Waals surface area contributed by atoms with Crippen LogP contribution in [0, 0.1) is 13.8 Å². The number of ether oxygens (including phenoxy) is 1. The molecular formula is C24H24N4O2. The van der Waals surface area contributed by atoms with Crippen molar-refractivity contribution in [2.45, 2.75) is 33.7 Å². The summed E-state index contributed by atoms with van der Waals surface area (Å²) in [5.41, 5.74) is 3.70. The highest BCUT2D eigenvalue weighted by molar-refractivity contribution is 6.07. The average Bonchev–Trinajstić information content (AvgIpc) is 3.13. The molecule has 0 fully saturated rings. The minimum Gasteiger partial charge on any atom is -0.455 e. The SMILES string of the molecule is Cc1ccc(Oc2ccccc2NC(=O)c2cc3cnn(C(C)C)c3nc2C)cc1. The van der Waals surface area contributed by atoms with Gasteiger partial charge in [-0.2, -0.15) is 5.10 Å². The summed E-state index contributed by atoms with van der Waals surface area (Å²) in [4.78, 5) is 17.7. The maximum atomic E-state index is 13.0. The number of hydrogen-bond acceptors (Lipinski definition) is 4. The van der Waals surface area contributed by atoms with E-state index < -0.39 is 0 Å². The summed E-state index contributed by atoms with van der Waals surface area (Å²) in [6, 6.07) is 17.2. The van der Waals surface area contributed by atoms with E-state index in [2.05, 4.69) is 29.2 Å². The number of amides is 1. The lowest BCUT2D eigenvalue weighted by Crippen LogP contribution is -2.15. The molecule has 6 nitrogen and oxygen atoms in total. The summed E-state index contributed by atoms with van der Waals surface area (Å²) in [5, 5.41) is 8.19. The smallest absolute Gasteiger partial charge is 0.257 e. The largest absolute Gasteiger partial charge is 0.455 e. The molecule has 4 aromatic rings. The minimum atomic E-state index is -0.237. The van der Waals surface area contributed by atoms with Gasteiger partial charge in [-0.05, 0) is 58.0 Å². The van der Waals surface area contributed by atoms with E-state index in [4.69, 9.17) is 4.74 Å².